The number of anilines is 1. The number of piperazine rings is 1. The molecule has 1 saturated heterocycles. The molecule has 2 heterocycles. The summed E-state index contributed by atoms with van der Waals surface area (Å²) in [6.45, 7) is 2.49. The molecule has 0 bridgehead atoms. The van der Waals surface area contributed by atoms with Crippen LogP contribution in [-0.2, 0) is 0 Å². The first-order chi connectivity index (χ1) is 17.4. The minimum absolute atomic E-state index is 0.145. The third kappa shape index (κ3) is 4.91. The van der Waals surface area contributed by atoms with Gasteiger partial charge in [-0.2, -0.15) is 5.26 Å². The third-order valence-electron chi connectivity index (χ3n) is 6.13. The maximum Gasteiger partial charge on any atom is 0.274 e. The highest BCUT2D eigenvalue weighted by Gasteiger charge is 2.26. The molecule has 1 amide bonds. The van der Waals surface area contributed by atoms with E-state index in [1.54, 1.807) is 48.7 Å². The topological polar surface area (TPSA) is 65.2 Å². The van der Waals surface area contributed by atoms with Crippen LogP contribution in [0.4, 0.5) is 5.69 Å². The molecule has 180 valence electrons. The molecular weight excluding hydrogens is 517 g/mol. The fraction of sp³-hybridized carbons (Fsp3) is 0.148. The molecule has 0 N–H and O–H groups in total. The number of nitrogens with zero attached hydrogens (tertiary/aromatic N) is 5. The number of imidazole rings is 1. The van der Waals surface area contributed by atoms with Crippen LogP contribution in [0.5, 0.6) is 0 Å². The first-order valence-electron chi connectivity index (χ1n) is 11.3. The van der Waals surface area contributed by atoms with Crippen LogP contribution in [0.1, 0.15) is 16.1 Å². The number of benzene rings is 3. The lowest BCUT2D eigenvalue weighted by molar-refractivity contribution is 0.0741. The molecule has 0 unspecified atom stereocenters. The normalized spacial score (nSPS) is 13.5. The second kappa shape index (κ2) is 10.2. The second-order valence-electron chi connectivity index (χ2n) is 8.36. The Hall–Kier alpha value is -3.50. The van der Waals surface area contributed by atoms with E-state index >= 15 is 0 Å². The number of nitriles is 1. The van der Waals surface area contributed by atoms with Gasteiger partial charge in [-0.15, -0.1) is 0 Å². The van der Waals surface area contributed by atoms with Crippen molar-refractivity contribution in [3.63, 3.8) is 0 Å². The summed E-state index contributed by atoms with van der Waals surface area (Å²) in [5.41, 5.74) is 3.46. The molecule has 36 heavy (non-hydrogen) atoms. The molecule has 4 aromatic rings. The lowest BCUT2D eigenvalue weighted by Crippen LogP contribution is -2.48. The Morgan fingerprint density at radius 2 is 1.47 bits per heavy atom. The second-order valence-corrected chi connectivity index (χ2v) is 9.64. The highest BCUT2D eigenvalue weighted by atomic mass is 35.5. The van der Waals surface area contributed by atoms with E-state index in [1.165, 1.54) is 0 Å². The largest absolute Gasteiger partial charge is 0.368 e. The van der Waals surface area contributed by atoms with Crippen molar-refractivity contribution in [3.05, 3.63) is 99.3 Å². The zero-order valence-electron chi connectivity index (χ0n) is 19.0. The number of amides is 1. The summed E-state index contributed by atoms with van der Waals surface area (Å²) in [5, 5.41) is 10.6. The number of hydrogen-bond donors (Lipinski definition) is 0. The van der Waals surface area contributed by atoms with Crippen molar-refractivity contribution < 1.29 is 4.79 Å². The van der Waals surface area contributed by atoms with E-state index in [9.17, 15) is 4.79 Å². The van der Waals surface area contributed by atoms with E-state index in [0.29, 0.717) is 63.9 Å². The van der Waals surface area contributed by atoms with Crippen LogP contribution in [-0.4, -0.2) is 46.5 Å². The molecule has 1 fully saturated rings. The van der Waals surface area contributed by atoms with E-state index in [1.807, 2.05) is 33.7 Å². The highest BCUT2D eigenvalue weighted by Crippen LogP contribution is 2.32. The van der Waals surface area contributed by atoms with E-state index in [2.05, 4.69) is 11.0 Å². The monoisotopic (exact) mass is 535 g/mol. The first kappa shape index (κ1) is 24.2. The quantitative estimate of drug-likeness (QED) is 0.306. The summed E-state index contributed by atoms with van der Waals surface area (Å²) in [6.07, 6.45) is 1.73. The Morgan fingerprint density at radius 1 is 0.833 bits per heavy atom. The van der Waals surface area contributed by atoms with Crippen LogP contribution in [0.3, 0.4) is 0 Å². The van der Waals surface area contributed by atoms with Gasteiger partial charge < -0.3 is 9.80 Å². The number of aromatic nitrogens is 2. The van der Waals surface area contributed by atoms with Crippen LogP contribution in [0, 0.1) is 11.3 Å². The molecular formula is C27H20Cl3N5O. The van der Waals surface area contributed by atoms with Gasteiger partial charge in [0.15, 0.2) is 0 Å². The van der Waals surface area contributed by atoms with Gasteiger partial charge in [0.05, 0.1) is 16.7 Å². The molecule has 5 rings (SSSR count). The van der Waals surface area contributed by atoms with Gasteiger partial charge in [0.2, 0.25) is 0 Å². The molecule has 0 radical (unpaired) electrons. The highest BCUT2D eigenvalue weighted by molar-refractivity contribution is 6.36. The van der Waals surface area contributed by atoms with Crippen LogP contribution < -0.4 is 4.90 Å². The number of hydrogen-bond acceptors (Lipinski definition) is 4. The third-order valence-corrected chi connectivity index (χ3v) is 6.93. The number of carbonyl (C=O) groups excluding carboxylic acids is 1. The molecule has 0 aliphatic carbocycles. The van der Waals surface area contributed by atoms with Crippen LogP contribution in [0.25, 0.3) is 17.1 Å². The van der Waals surface area contributed by atoms with Crippen molar-refractivity contribution >= 4 is 46.4 Å². The van der Waals surface area contributed by atoms with Gasteiger partial charge in [-0.3, -0.25) is 9.36 Å². The van der Waals surface area contributed by atoms with E-state index < -0.39 is 0 Å². The average molecular weight is 537 g/mol. The standard InChI is InChI=1S/C27H20Cl3N5O/c28-19-3-8-22(9-4-19)35-17-25(32-26(35)23-10-5-20(29)15-24(23)30)27(36)34-13-11-33(12-14-34)21-6-1-18(16-31)2-7-21/h1-10,15,17H,11-14H2. The molecule has 0 atom stereocenters. The molecule has 1 aliphatic heterocycles. The number of rotatable bonds is 4. The Kier molecular flexibility index (Phi) is 6.88. The summed E-state index contributed by atoms with van der Waals surface area (Å²) in [7, 11) is 0. The minimum atomic E-state index is -0.145. The van der Waals surface area contributed by atoms with Crippen molar-refractivity contribution in [3.8, 4) is 23.1 Å². The number of carbonyl (C=O) groups is 1. The van der Waals surface area contributed by atoms with Gasteiger partial charge in [-0.05, 0) is 66.7 Å². The Morgan fingerprint density at radius 3 is 2.11 bits per heavy atom. The number of halogens is 3. The molecule has 1 aliphatic rings. The minimum Gasteiger partial charge on any atom is -0.368 e. The predicted octanol–water partition coefficient (Wildman–Crippen LogP) is 6.33. The van der Waals surface area contributed by atoms with Gasteiger partial charge in [0, 0.05) is 59.4 Å². The Labute approximate surface area is 223 Å². The van der Waals surface area contributed by atoms with Crippen molar-refractivity contribution in [1.29, 1.82) is 5.26 Å². The molecule has 1 aromatic heterocycles. The van der Waals surface area contributed by atoms with Gasteiger partial charge in [-0.1, -0.05) is 34.8 Å². The molecule has 0 saturated carbocycles. The fourth-order valence-corrected chi connectivity index (χ4v) is 4.84. The smallest absolute Gasteiger partial charge is 0.274 e. The molecule has 6 nitrogen and oxygen atoms in total. The summed E-state index contributed by atoms with van der Waals surface area (Å²) in [4.78, 5) is 22.2. The summed E-state index contributed by atoms with van der Waals surface area (Å²) in [6, 6.07) is 22.1. The van der Waals surface area contributed by atoms with Gasteiger partial charge in [0.25, 0.3) is 5.91 Å². The lowest BCUT2D eigenvalue weighted by Gasteiger charge is -2.35. The zero-order chi connectivity index (χ0) is 25.2. The van der Waals surface area contributed by atoms with Crippen molar-refractivity contribution in [2.75, 3.05) is 31.1 Å². The van der Waals surface area contributed by atoms with Crippen LogP contribution >= 0.6 is 34.8 Å². The average Bonchev–Trinajstić information content (AvgIpc) is 3.34. The summed E-state index contributed by atoms with van der Waals surface area (Å²) >= 11 is 18.7. The maximum absolute atomic E-state index is 13.5. The van der Waals surface area contributed by atoms with Gasteiger partial charge >= 0.3 is 0 Å². The van der Waals surface area contributed by atoms with Gasteiger partial charge in [0.1, 0.15) is 11.5 Å². The summed E-state index contributed by atoms with van der Waals surface area (Å²) in [5.74, 6) is 0.395. The van der Waals surface area contributed by atoms with E-state index in [-0.39, 0.29) is 5.91 Å². The SMILES string of the molecule is N#Cc1ccc(N2CCN(C(=O)c3cn(-c4ccc(Cl)cc4)c(-c4ccc(Cl)cc4Cl)n3)CC2)cc1. The lowest BCUT2D eigenvalue weighted by atomic mass is 10.2. The molecule has 9 heteroatoms. The predicted molar refractivity (Wildman–Crippen MR) is 143 cm³/mol. The maximum atomic E-state index is 13.5. The van der Waals surface area contributed by atoms with Gasteiger partial charge in [-0.25, -0.2) is 4.98 Å². The fourth-order valence-electron chi connectivity index (χ4n) is 4.22. The Bertz CT molecular complexity index is 1450. The van der Waals surface area contributed by atoms with Crippen LogP contribution in [0.15, 0.2) is 72.9 Å². The Balaban J connectivity index is 1.41. The van der Waals surface area contributed by atoms with Crippen molar-refractivity contribution in [2.45, 2.75) is 0 Å². The molecule has 3 aromatic carbocycles. The first-order valence-corrected chi connectivity index (χ1v) is 12.4. The van der Waals surface area contributed by atoms with Crippen LogP contribution in [0.2, 0.25) is 15.1 Å². The zero-order valence-corrected chi connectivity index (χ0v) is 21.3. The molecule has 0 spiro atoms. The van der Waals surface area contributed by atoms with E-state index in [0.717, 1.165) is 11.4 Å². The van der Waals surface area contributed by atoms with Crippen molar-refractivity contribution in [1.82, 2.24) is 14.5 Å². The van der Waals surface area contributed by atoms with E-state index in [4.69, 9.17) is 45.0 Å². The van der Waals surface area contributed by atoms with Crippen molar-refractivity contribution in [2.24, 2.45) is 0 Å². The summed E-state index contributed by atoms with van der Waals surface area (Å²) < 4.78 is 1.84.